The number of hydrogen-bond donors (Lipinski definition) is 1. The molecule has 2 heterocycles. The number of benzene rings is 2. The molecule has 0 bridgehead atoms. The monoisotopic (exact) mass is 517 g/mol. The number of aryl methyl sites for hydroxylation is 2. The molecule has 1 amide bonds. The van der Waals surface area contributed by atoms with Crippen LogP contribution in [0.4, 0.5) is 0 Å². The van der Waals surface area contributed by atoms with Crippen LogP contribution in [-0.4, -0.2) is 33.5 Å². The summed E-state index contributed by atoms with van der Waals surface area (Å²) in [5.41, 5.74) is 3.96. The van der Waals surface area contributed by atoms with Gasteiger partial charge in [-0.15, -0.1) is 0 Å². The first-order chi connectivity index (χ1) is 17.8. The molecule has 7 heteroatoms. The normalized spacial score (nSPS) is 13.0. The van der Waals surface area contributed by atoms with Gasteiger partial charge in [0.2, 0.25) is 6.41 Å². The number of methoxy groups -OCH3 is 1. The predicted octanol–water partition coefficient (Wildman–Crippen LogP) is 5.99. The van der Waals surface area contributed by atoms with Crippen molar-refractivity contribution in [2.75, 3.05) is 7.11 Å². The summed E-state index contributed by atoms with van der Waals surface area (Å²) in [4.78, 5) is 21.8. The fourth-order valence-electron chi connectivity index (χ4n) is 3.91. The van der Waals surface area contributed by atoms with E-state index in [1.807, 2.05) is 74.5 Å². The van der Waals surface area contributed by atoms with E-state index in [-0.39, 0.29) is 0 Å². The molecular weight excluding hydrogens is 486 g/mol. The Morgan fingerprint density at radius 3 is 2.24 bits per heavy atom. The molecule has 37 heavy (non-hydrogen) atoms. The van der Waals surface area contributed by atoms with E-state index in [1.54, 1.807) is 49.7 Å². The van der Waals surface area contributed by atoms with E-state index >= 15 is 0 Å². The number of aliphatic hydroxyl groups is 1. The zero-order chi connectivity index (χ0) is 26.8. The Bertz CT molecular complexity index is 1270. The predicted molar refractivity (Wildman–Crippen MR) is 146 cm³/mol. The second kappa shape index (κ2) is 13.1. The van der Waals surface area contributed by atoms with Crippen LogP contribution in [-0.2, 0) is 21.7 Å². The number of carbonyl (C=O) groups is 1. The second-order valence-electron chi connectivity index (χ2n) is 8.87. The minimum atomic E-state index is -1.16. The SMILES string of the molecule is COC(c1ccc(C(C)(O)c2ccncc2)cc1C)N(C=O)Cc1ccc(C)cn1.Clc1ccccc1. The average molecular weight is 518 g/mol. The van der Waals surface area contributed by atoms with E-state index < -0.39 is 11.8 Å². The first-order valence-corrected chi connectivity index (χ1v) is 12.2. The van der Waals surface area contributed by atoms with Gasteiger partial charge in [0.15, 0.2) is 6.23 Å². The lowest BCUT2D eigenvalue weighted by Crippen LogP contribution is -2.30. The summed E-state index contributed by atoms with van der Waals surface area (Å²) in [6, 6.07) is 22.6. The van der Waals surface area contributed by atoms with E-state index in [2.05, 4.69) is 9.97 Å². The number of ether oxygens (including phenoxy) is 1. The van der Waals surface area contributed by atoms with Gasteiger partial charge in [0.1, 0.15) is 5.60 Å². The summed E-state index contributed by atoms with van der Waals surface area (Å²) in [5, 5.41) is 11.9. The molecule has 2 unspecified atom stereocenters. The molecule has 0 aliphatic carbocycles. The molecule has 6 nitrogen and oxygen atoms in total. The summed E-state index contributed by atoms with van der Waals surface area (Å²) in [7, 11) is 1.57. The molecule has 192 valence electrons. The minimum absolute atomic E-state index is 0.332. The van der Waals surface area contributed by atoms with Crippen molar-refractivity contribution in [3.63, 3.8) is 0 Å². The van der Waals surface area contributed by atoms with Gasteiger partial charge in [0.25, 0.3) is 0 Å². The summed E-state index contributed by atoms with van der Waals surface area (Å²) < 4.78 is 5.67. The smallest absolute Gasteiger partial charge is 0.212 e. The van der Waals surface area contributed by atoms with Gasteiger partial charge in [-0.3, -0.25) is 14.8 Å². The Morgan fingerprint density at radius 2 is 1.73 bits per heavy atom. The van der Waals surface area contributed by atoms with Crippen molar-refractivity contribution < 1.29 is 14.6 Å². The quantitative estimate of drug-likeness (QED) is 0.229. The molecule has 2 atom stereocenters. The average Bonchev–Trinajstić information content (AvgIpc) is 2.91. The van der Waals surface area contributed by atoms with Crippen LogP contribution >= 0.6 is 11.6 Å². The molecule has 0 saturated carbocycles. The van der Waals surface area contributed by atoms with E-state index in [0.717, 1.165) is 44.9 Å². The highest BCUT2D eigenvalue weighted by molar-refractivity contribution is 6.30. The third-order valence-electron chi connectivity index (χ3n) is 6.05. The Balaban J connectivity index is 0.000000468. The van der Waals surface area contributed by atoms with Crippen LogP contribution < -0.4 is 0 Å². The van der Waals surface area contributed by atoms with Crippen molar-refractivity contribution in [1.29, 1.82) is 0 Å². The fourth-order valence-corrected chi connectivity index (χ4v) is 4.05. The minimum Gasteiger partial charge on any atom is -0.381 e. The van der Waals surface area contributed by atoms with Crippen molar-refractivity contribution in [1.82, 2.24) is 14.9 Å². The second-order valence-corrected chi connectivity index (χ2v) is 9.30. The number of aromatic nitrogens is 2. The lowest BCUT2D eigenvalue weighted by molar-refractivity contribution is -0.132. The molecule has 4 rings (SSSR count). The van der Waals surface area contributed by atoms with Gasteiger partial charge in [-0.2, -0.15) is 0 Å². The molecule has 2 aromatic heterocycles. The van der Waals surface area contributed by atoms with Gasteiger partial charge >= 0.3 is 0 Å². The van der Waals surface area contributed by atoms with Crippen molar-refractivity contribution in [3.05, 3.63) is 130 Å². The number of nitrogens with zero attached hydrogens (tertiary/aromatic N) is 3. The zero-order valence-electron chi connectivity index (χ0n) is 21.5. The standard InChI is InChI=1S/C24H27N3O3.C6H5Cl/c1-17-5-7-21(26-14-17)15-27(16-28)23(30-4)22-8-6-20(13-18(22)2)24(3,29)19-9-11-25-12-10-19;7-6-4-2-1-3-5-6/h5-14,16,23,29H,15H2,1-4H3;1-5H. The van der Waals surface area contributed by atoms with Crippen LogP contribution in [0.3, 0.4) is 0 Å². The van der Waals surface area contributed by atoms with Crippen LogP contribution in [0, 0.1) is 13.8 Å². The third kappa shape index (κ3) is 7.46. The summed E-state index contributed by atoms with van der Waals surface area (Å²) >= 11 is 5.54. The number of hydrogen-bond acceptors (Lipinski definition) is 5. The number of pyridine rings is 2. The lowest BCUT2D eigenvalue weighted by atomic mass is 9.87. The summed E-state index contributed by atoms with van der Waals surface area (Å²) in [5.74, 6) is 0. The number of rotatable bonds is 8. The maximum absolute atomic E-state index is 11.8. The van der Waals surface area contributed by atoms with E-state index in [9.17, 15) is 9.90 Å². The van der Waals surface area contributed by atoms with Crippen molar-refractivity contribution >= 4 is 18.0 Å². The highest BCUT2D eigenvalue weighted by Crippen LogP contribution is 2.32. The van der Waals surface area contributed by atoms with Crippen LogP contribution in [0.2, 0.25) is 5.02 Å². The highest BCUT2D eigenvalue weighted by atomic mass is 35.5. The Hall–Kier alpha value is -3.58. The van der Waals surface area contributed by atoms with Crippen molar-refractivity contribution in [3.8, 4) is 0 Å². The molecule has 0 aliphatic heterocycles. The molecular formula is C30H32ClN3O3. The largest absolute Gasteiger partial charge is 0.381 e. The van der Waals surface area contributed by atoms with Gasteiger partial charge in [-0.25, -0.2) is 0 Å². The maximum atomic E-state index is 11.8. The van der Waals surface area contributed by atoms with Gasteiger partial charge in [-0.05, 0) is 73.4 Å². The summed E-state index contributed by atoms with van der Waals surface area (Å²) in [6.45, 7) is 6.00. The highest BCUT2D eigenvalue weighted by Gasteiger charge is 2.28. The van der Waals surface area contributed by atoms with Crippen LogP contribution in [0.25, 0.3) is 0 Å². The Labute approximate surface area is 223 Å². The van der Waals surface area contributed by atoms with Gasteiger partial charge in [-0.1, -0.05) is 54.1 Å². The molecule has 4 aromatic rings. The zero-order valence-corrected chi connectivity index (χ0v) is 22.3. The van der Waals surface area contributed by atoms with Gasteiger partial charge < -0.3 is 14.7 Å². The van der Waals surface area contributed by atoms with Crippen LogP contribution in [0.5, 0.6) is 0 Å². The lowest BCUT2D eigenvalue weighted by Gasteiger charge is -2.30. The molecule has 2 aromatic carbocycles. The summed E-state index contributed by atoms with van der Waals surface area (Å²) in [6.07, 6.45) is 5.31. The van der Waals surface area contributed by atoms with Gasteiger partial charge in [0.05, 0.1) is 12.2 Å². The van der Waals surface area contributed by atoms with E-state index in [4.69, 9.17) is 16.3 Å². The van der Waals surface area contributed by atoms with Crippen molar-refractivity contribution in [2.24, 2.45) is 0 Å². The third-order valence-corrected chi connectivity index (χ3v) is 6.30. The molecule has 1 N–H and O–H groups in total. The molecule has 0 fully saturated rings. The maximum Gasteiger partial charge on any atom is 0.212 e. The molecule has 0 saturated heterocycles. The first-order valence-electron chi connectivity index (χ1n) is 11.9. The van der Waals surface area contributed by atoms with Gasteiger partial charge in [0, 0.05) is 36.3 Å². The number of halogens is 1. The Kier molecular flexibility index (Phi) is 9.92. The van der Waals surface area contributed by atoms with E-state index in [1.165, 1.54) is 0 Å². The number of amides is 1. The molecule has 0 aliphatic rings. The Morgan fingerprint density at radius 1 is 1.03 bits per heavy atom. The molecule has 0 spiro atoms. The first kappa shape index (κ1) is 28.0. The van der Waals surface area contributed by atoms with Crippen molar-refractivity contribution in [2.45, 2.75) is 39.1 Å². The van der Waals surface area contributed by atoms with E-state index in [0.29, 0.717) is 6.54 Å². The van der Waals surface area contributed by atoms with Crippen LogP contribution in [0.15, 0.2) is 91.4 Å². The van der Waals surface area contributed by atoms with Crippen LogP contribution in [0.1, 0.15) is 46.7 Å². The topological polar surface area (TPSA) is 75.6 Å². The number of carbonyl (C=O) groups excluding carboxylic acids is 1. The molecule has 0 radical (unpaired) electrons. The fraction of sp³-hybridized carbons (Fsp3) is 0.233.